The van der Waals surface area contributed by atoms with E-state index in [1.54, 1.807) is 11.3 Å². The number of carbonyl (C=O) groups is 1. The number of hydrogen-bond donors (Lipinski definition) is 1. The third-order valence-electron chi connectivity index (χ3n) is 5.39. The van der Waals surface area contributed by atoms with Crippen molar-refractivity contribution in [2.75, 3.05) is 6.54 Å². The van der Waals surface area contributed by atoms with Crippen molar-refractivity contribution in [1.29, 1.82) is 0 Å². The van der Waals surface area contributed by atoms with E-state index >= 15 is 0 Å². The number of rotatable bonds is 6. The lowest BCUT2D eigenvalue weighted by Gasteiger charge is -2.09. The summed E-state index contributed by atoms with van der Waals surface area (Å²) in [4.78, 5) is 31.6. The van der Waals surface area contributed by atoms with E-state index < -0.39 is 0 Å². The Kier molecular flexibility index (Phi) is 5.31. The molecule has 1 N–H and O–H groups in total. The zero-order chi connectivity index (χ0) is 19.7. The normalized spacial score (nSPS) is 13.2. The number of thiophene rings is 1. The standard InChI is InChI=1S/C22H25N3O2S/c1-14(2)16-8-6-15(7-9-16)10-11-23-19(26)12-25-13-24-21-20(22(25)27)17-4-3-5-18(17)28-21/h6-9,13-14H,3-5,10-12H2,1-2H3,(H,23,26). The Bertz CT molecular complexity index is 1060. The quantitative estimate of drug-likeness (QED) is 0.695. The van der Waals surface area contributed by atoms with Gasteiger partial charge in [0.2, 0.25) is 5.91 Å². The first kappa shape index (κ1) is 18.9. The molecule has 1 amide bonds. The van der Waals surface area contributed by atoms with Gasteiger partial charge < -0.3 is 5.32 Å². The van der Waals surface area contributed by atoms with Crippen LogP contribution in [0.1, 0.15) is 47.8 Å². The topological polar surface area (TPSA) is 64.0 Å². The number of nitrogens with one attached hydrogen (secondary N) is 1. The molecule has 2 heterocycles. The van der Waals surface area contributed by atoms with Crippen LogP contribution in [0.5, 0.6) is 0 Å². The maximum atomic E-state index is 12.8. The van der Waals surface area contributed by atoms with Crippen LogP contribution >= 0.6 is 11.3 Å². The Labute approximate surface area is 168 Å². The molecule has 0 atom stereocenters. The van der Waals surface area contributed by atoms with Crippen LogP contribution in [0.15, 0.2) is 35.4 Å². The fourth-order valence-corrected chi connectivity index (χ4v) is 4.98. The molecule has 1 aliphatic carbocycles. The van der Waals surface area contributed by atoms with Crippen LogP contribution in [0, 0.1) is 0 Å². The highest BCUT2D eigenvalue weighted by molar-refractivity contribution is 7.18. The molecule has 0 spiro atoms. The molecule has 3 aromatic rings. The Hall–Kier alpha value is -2.47. The van der Waals surface area contributed by atoms with Gasteiger partial charge in [-0.25, -0.2) is 4.98 Å². The Morgan fingerprint density at radius 3 is 2.79 bits per heavy atom. The molecule has 0 fully saturated rings. The third-order valence-corrected chi connectivity index (χ3v) is 6.59. The number of aryl methyl sites for hydroxylation is 2. The van der Waals surface area contributed by atoms with Crippen LogP contribution in [0.3, 0.4) is 0 Å². The van der Waals surface area contributed by atoms with E-state index in [4.69, 9.17) is 0 Å². The molecule has 5 nitrogen and oxygen atoms in total. The minimum atomic E-state index is -0.158. The molecule has 0 saturated carbocycles. The average molecular weight is 396 g/mol. The van der Waals surface area contributed by atoms with Crippen LogP contribution in [0.25, 0.3) is 10.2 Å². The van der Waals surface area contributed by atoms with Gasteiger partial charge in [-0.2, -0.15) is 0 Å². The van der Waals surface area contributed by atoms with Crippen molar-refractivity contribution in [1.82, 2.24) is 14.9 Å². The molecule has 1 aliphatic rings. The SMILES string of the molecule is CC(C)c1ccc(CCNC(=O)Cn2cnc3sc4c(c3c2=O)CCC4)cc1. The molecule has 2 aromatic heterocycles. The first-order valence-electron chi connectivity index (χ1n) is 9.88. The summed E-state index contributed by atoms with van der Waals surface area (Å²) in [5.41, 5.74) is 3.56. The molecule has 0 bridgehead atoms. The molecule has 6 heteroatoms. The van der Waals surface area contributed by atoms with E-state index in [9.17, 15) is 9.59 Å². The smallest absolute Gasteiger partial charge is 0.262 e. The molecular weight excluding hydrogens is 370 g/mol. The highest BCUT2D eigenvalue weighted by Gasteiger charge is 2.21. The number of fused-ring (bicyclic) bond motifs is 3. The molecule has 146 valence electrons. The summed E-state index contributed by atoms with van der Waals surface area (Å²) in [6, 6.07) is 8.51. The Balaban J connectivity index is 1.37. The lowest BCUT2D eigenvalue weighted by molar-refractivity contribution is -0.121. The van der Waals surface area contributed by atoms with Gasteiger partial charge in [0, 0.05) is 11.4 Å². The van der Waals surface area contributed by atoms with E-state index in [0.717, 1.165) is 41.5 Å². The minimum absolute atomic E-state index is 0.0126. The maximum absolute atomic E-state index is 12.8. The van der Waals surface area contributed by atoms with Gasteiger partial charge in [-0.15, -0.1) is 11.3 Å². The number of amides is 1. The van der Waals surface area contributed by atoms with Gasteiger partial charge in [0.1, 0.15) is 11.4 Å². The van der Waals surface area contributed by atoms with Crippen molar-refractivity contribution >= 4 is 27.5 Å². The molecule has 0 radical (unpaired) electrons. The van der Waals surface area contributed by atoms with Crippen molar-refractivity contribution in [3.05, 3.63) is 62.5 Å². The number of benzene rings is 1. The molecule has 4 rings (SSSR count). The van der Waals surface area contributed by atoms with Crippen LogP contribution in [0.2, 0.25) is 0 Å². The lowest BCUT2D eigenvalue weighted by Crippen LogP contribution is -2.33. The van der Waals surface area contributed by atoms with E-state index in [1.807, 2.05) is 0 Å². The van der Waals surface area contributed by atoms with Gasteiger partial charge in [0.15, 0.2) is 0 Å². The second-order valence-electron chi connectivity index (χ2n) is 7.71. The minimum Gasteiger partial charge on any atom is -0.354 e. The van der Waals surface area contributed by atoms with E-state index in [1.165, 1.54) is 26.9 Å². The Morgan fingerprint density at radius 2 is 2.04 bits per heavy atom. The summed E-state index contributed by atoms with van der Waals surface area (Å²) in [6.07, 6.45) is 5.35. The molecule has 0 aliphatic heterocycles. The average Bonchev–Trinajstić information content (AvgIpc) is 3.25. The fraction of sp³-hybridized carbons (Fsp3) is 0.409. The summed E-state index contributed by atoms with van der Waals surface area (Å²) in [5, 5.41) is 3.64. The van der Waals surface area contributed by atoms with E-state index in [-0.39, 0.29) is 18.0 Å². The first-order chi connectivity index (χ1) is 13.5. The van der Waals surface area contributed by atoms with Gasteiger partial charge in [-0.05, 0) is 48.3 Å². The van der Waals surface area contributed by atoms with Gasteiger partial charge in [0.05, 0.1) is 11.7 Å². The fourth-order valence-electron chi connectivity index (χ4n) is 3.76. The Morgan fingerprint density at radius 1 is 1.25 bits per heavy atom. The van der Waals surface area contributed by atoms with Crippen LogP contribution in [-0.4, -0.2) is 22.0 Å². The zero-order valence-electron chi connectivity index (χ0n) is 16.3. The monoisotopic (exact) mass is 395 g/mol. The summed E-state index contributed by atoms with van der Waals surface area (Å²) in [6.45, 7) is 4.91. The van der Waals surface area contributed by atoms with Gasteiger partial charge in [-0.1, -0.05) is 38.1 Å². The van der Waals surface area contributed by atoms with Crippen molar-refractivity contribution in [2.45, 2.75) is 52.0 Å². The predicted octanol–water partition coefficient (Wildman–Crippen LogP) is 3.43. The van der Waals surface area contributed by atoms with Crippen LogP contribution in [-0.2, 0) is 30.6 Å². The van der Waals surface area contributed by atoms with Gasteiger partial charge in [-0.3, -0.25) is 14.2 Å². The predicted molar refractivity (Wildman–Crippen MR) is 113 cm³/mol. The number of nitrogens with zero attached hydrogens (tertiary/aromatic N) is 2. The molecule has 0 unspecified atom stereocenters. The van der Waals surface area contributed by atoms with Gasteiger partial charge in [0.25, 0.3) is 5.56 Å². The molecule has 28 heavy (non-hydrogen) atoms. The maximum Gasteiger partial charge on any atom is 0.262 e. The van der Waals surface area contributed by atoms with E-state index in [2.05, 4.69) is 48.4 Å². The number of hydrogen-bond acceptors (Lipinski definition) is 4. The molecule has 1 aromatic carbocycles. The van der Waals surface area contributed by atoms with Gasteiger partial charge >= 0.3 is 0 Å². The number of carbonyl (C=O) groups excluding carboxylic acids is 1. The second-order valence-corrected chi connectivity index (χ2v) is 8.79. The highest BCUT2D eigenvalue weighted by atomic mass is 32.1. The summed E-state index contributed by atoms with van der Waals surface area (Å²) in [7, 11) is 0. The van der Waals surface area contributed by atoms with Crippen molar-refractivity contribution < 1.29 is 4.79 Å². The largest absolute Gasteiger partial charge is 0.354 e. The van der Waals surface area contributed by atoms with Crippen molar-refractivity contribution in [3.63, 3.8) is 0 Å². The third kappa shape index (κ3) is 3.74. The second kappa shape index (κ2) is 7.87. The summed E-state index contributed by atoms with van der Waals surface area (Å²) < 4.78 is 1.43. The summed E-state index contributed by atoms with van der Waals surface area (Å²) in [5.74, 6) is 0.358. The first-order valence-corrected chi connectivity index (χ1v) is 10.7. The zero-order valence-corrected chi connectivity index (χ0v) is 17.1. The number of aromatic nitrogens is 2. The van der Waals surface area contributed by atoms with Crippen LogP contribution in [0.4, 0.5) is 0 Å². The summed E-state index contributed by atoms with van der Waals surface area (Å²) >= 11 is 1.62. The van der Waals surface area contributed by atoms with Crippen LogP contribution < -0.4 is 10.9 Å². The van der Waals surface area contributed by atoms with Crippen molar-refractivity contribution in [2.24, 2.45) is 0 Å². The van der Waals surface area contributed by atoms with E-state index in [0.29, 0.717) is 12.5 Å². The molecular formula is C22H25N3O2S. The highest BCUT2D eigenvalue weighted by Crippen LogP contribution is 2.34. The lowest BCUT2D eigenvalue weighted by atomic mass is 10.0. The molecule has 0 saturated heterocycles. The van der Waals surface area contributed by atoms with Crippen molar-refractivity contribution in [3.8, 4) is 0 Å².